The molecular formula is C18H18N2O3S. The normalized spacial score (nSPS) is 11.2. The van der Waals surface area contributed by atoms with Crippen molar-refractivity contribution in [3.05, 3.63) is 73.1 Å². The molecule has 0 amide bonds. The van der Waals surface area contributed by atoms with Crippen LogP contribution in [0.15, 0.2) is 78.0 Å². The van der Waals surface area contributed by atoms with Crippen LogP contribution in [0.3, 0.4) is 0 Å². The molecule has 1 aromatic heterocycles. The number of rotatable bonds is 6. The summed E-state index contributed by atoms with van der Waals surface area (Å²) in [5.74, 6) is 0.646. The van der Waals surface area contributed by atoms with Gasteiger partial charge in [-0.05, 0) is 67.6 Å². The Morgan fingerprint density at radius 2 is 1.58 bits per heavy atom. The van der Waals surface area contributed by atoms with Crippen LogP contribution < -0.4 is 9.46 Å². The van der Waals surface area contributed by atoms with Crippen molar-refractivity contribution in [2.45, 2.75) is 11.8 Å². The summed E-state index contributed by atoms with van der Waals surface area (Å²) in [5.41, 5.74) is 1.48. The number of sulfonamides is 1. The van der Waals surface area contributed by atoms with Crippen molar-refractivity contribution < 1.29 is 13.2 Å². The van der Waals surface area contributed by atoms with E-state index in [-0.39, 0.29) is 4.90 Å². The van der Waals surface area contributed by atoms with Gasteiger partial charge in [0.2, 0.25) is 0 Å². The molecule has 24 heavy (non-hydrogen) atoms. The van der Waals surface area contributed by atoms with E-state index >= 15 is 0 Å². The van der Waals surface area contributed by atoms with Crippen LogP contribution >= 0.6 is 0 Å². The Bertz CT molecular complexity index is 884. The van der Waals surface area contributed by atoms with Crippen molar-refractivity contribution in [3.8, 4) is 11.4 Å². The molecule has 0 aliphatic carbocycles. The van der Waals surface area contributed by atoms with Gasteiger partial charge in [-0.3, -0.25) is 4.72 Å². The third kappa shape index (κ3) is 3.60. The summed E-state index contributed by atoms with van der Waals surface area (Å²) in [7, 11) is -3.62. The molecule has 5 nitrogen and oxygen atoms in total. The molecule has 1 heterocycles. The highest BCUT2D eigenvalue weighted by atomic mass is 32.2. The third-order valence-electron chi connectivity index (χ3n) is 3.47. The highest BCUT2D eigenvalue weighted by Gasteiger charge is 2.14. The van der Waals surface area contributed by atoms with Crippen LogP contribution in [0.1, 0.15) is 6.92 Å². The molecule has 6 heteroatoms. The van der Waals surface area contributed by atoms with E-state index in [9.17, 15) is 8.42 Å². The first kappa shape index (κ1) is 16.1. The van der Waals surface area contributed by atoms with Gasteiger partial charge in [0.1, 0.15) is 5.75 Å². The minimum Gasteiger partial charge on any atom is -0.494 e. The maximum atomic E-state index is 12.4. The Morgan fingerprint density at radius 1 is 0.958 bits per heavy atom. The average molecular weight is 342 g/mol. The first-order valence-corrected chi connectivity index (χ1v) is 9.06. The van der Waals surface area contributed by atoms with Gasteiger partial charge in [-0.25, -0.2) is 8.42 Å². The number of aromatic nitrogens is 1. The number of anilines is 1. The van der Waals surface area contributed by atoms with Crippen molar-refractivity contribution in [2.24, 2.45) is 0 Å². The molecule has 0 bridgehead atoms. The van der Waals surface area contributed by atoms with Gasteiger partial charge < -0.3 is 9.30 Å². The standard InChI is InChI=1S/C18H18N2O3S/c1-2-23-17-9-11-18(12-10-17)24(21,22)19-15-5-7-16(8-6-15)20-13-3-4-14-20/h3-14,19H,2H2,1H3. The summed E-state index contributed by atoms with van der Waals surface area (Å²) >= 11 is 0. The molecule has 0 aliphatic heterocycles. The second kappa shape index (κ2) is 6.80. The van der Waals surface area contributed by atoms with Crippen LogP contribution in [0.2, 0.25) is 0 Å². The van der Waals surface area contributed by atoms with Gasteiger partial charge in [0.25, 0.3) is 10.0 Å². The Morgan fingerprint density at radius 3 is 2.17 bits per heavy atom. The van der Waals surface area contributed by atoms with Gasteiger partial charge in [-0.1, -0.05) is 0 Å². The Labute approximate surface area is 141 Å². The minimum absolute atomic E-state index is 0.195. The molecule has 3 aromatic rings. The number of hydrogen-bond donors (Lipinski definition) is 1. The average Bonchev–Trinajstić information content (AvgIpc) is 3.10. The fraction of sp³-hybridized carbons (Fsp3) is 0.111. The van der Waals surface area contributed by atoms with Crippen molar-refractivity contribution in [3.63, 3.8) is 0 Å². The fourth-order valence-electron chi connectivity index (χ4n) is 2.30. The maximum Gasteiger partial charge on any atom is 0.261 e. The van der Waals surface area contributed by atoms with Crippen LogP contribution in [0.25, 0.3) is 5.69 Å². The molecule has 0 spiro atoms. The topological polar surface area (TPSA) is 60.3 Å². The minimum atomic E-state index is -3.62. The van der Waals surface area contributed by atoms with Crippen LogP contribution in [-0.4, -0.2) is 19.6 Å². The molecule has 0 aliphatic rings. The zero-order valence-electron chi connectivity index (χ0n) is 13.2. The molecule has 0 atom stereocenters. The summed E-state index contributed by atoms with van der Waals surface area (Å²) in [4.78, 5) is 0.195. The highest BCUT2D eigenvalue weighted by Crippen LogP contribution is 2.20. The van der Waals surface area contributed by atoms with Crippen molar-refractivity contribution in [1.82, 2.24) is 4.57 Å². The lowest BCUT2D eigenvalue weighted by molar-refractivity contribution is 0.340. The molecule has 0 unspecified atom stereocenters. The number of benzene rings is 2. The third-order valence-corrected chi connectivity index (χ3v) is 4.86. The number of ether oxygens (including phenoxy) is 1. The summed E-state index contributed by atoms with van der Waals surface area (Å²) in [6.45, 7) is 2.42. The number of hydrogen-bond acceptors (Lipinski definition) is 3. The molecule has 2 aromatic carbocycles. The second-order valence-electron chi connectivity index (χ2n) is 5.15. The fourth-order valence-corrected chi connectivity index (χ4v) is 3.36. The van der Waals surface area contributed by atoms with Crippen molar-refractivity contribution in [1.29, 1.82) is 0 Å². The van der Waals surface area contributed by atoms with Crippen LogP contribution in [0, 0.1) is 0 Å². The van der Waals surface area contributed by atoms with Crippen molar-refractivity contribution in [2.75, 3.05) is 11.3 Å². The first-order chi connectivity index (χ1) is 11.6. The van der Waals surface area contributed by atoms with Gasteiger partial charge in [0.15, 0.2) is 0 Å². The van der Waals surface area contributed by atoms with Gasteiger partial charge in [0, 0.05) is 23.8 Å². The van der Waals surface area contributed by atoms with Gasteiger partial charge in [-0.2, -0.15) is 0 Å². The van der Waals surface area contributed by atoms with Gasteiger partial charge in [0.05, 0.1) is 11.5 Å². The monoisotopic (exact) mass is 342 g/mol. The Hall–Kier alpha value is -2.73. The van der Waals surface area contributed by atoms with E-state index in [0.717, 1.165) is 5.69 Å². The Balaban J connectivity index is 1.76. The summed E-state index contributed by atoms with van der Waals surface area (Å²) in [5, 5.41) is 0. The van der Waals surface area contributed by atoms with Crippen LogP contribution in [-0.2, 0) is 10.0 Å². The maximum absolute atomic E-state index is 12.4. The largest absolute Gasteiger partial charge is 0.494 e. The highest BCUT2D eigenvalue weighted by molar-refractivity contribution is 7.92. The van der Waals surface area contributed by atoms with Gasteiger partial charge in [-0.15, -0.1) is 0 Å². The lowest BCUT2D eigenvalue weighted by Gasteiger charge is -2.10. The van der Waals surface area contributed by atoms with Crippen molar-refractivity contribution >= 4 is 15.7 Å². The van der Waals surface area contributed by atoms with E-state index < -0.39 is 10.0 Å². The van der Waals surface area contributed by atoms with E-state index in [1.165, 1.54) is 12.1 Å². The van der Waals surface area contributed by atoms with E-state index in [0.29, 0.717) is 18.0 Å². The summed E-state index contributed by atoms with van der Waals surface area (Å²) < 4.78 is 34.7. The SMILES string of the molecule is CCOc1ccc(S(=O)(=O)Nc2ccc(-n3cccc3)cc2)cc1. The lowest BCUT2D eigenvalue weighted by atomic mass is 10.3. The molecule has 0 saturated heterocycles. The molecule has 3 rings (SSSR count). The molecule has 1 N–H and O–H groups in total. The lowest BCUT2D eigenvalue weighted by Crippen LogP contribution is -2.12. The second-order valence-corrected chi connectivity index (χ2v) is 6.83. The van der Waals surface area contributed by atoms with E-state index in [4.69, 9.17) is 4.74 Å². The van der Waals surface area contributed by atoms with E-state index in [1.54, 1.807) is 24.3 Å². The molecule has 0 fully saturated rings. The van der Waals surface area contributed by atoms with E-state index in [2.05, 4.69) is 4.72 Å². The molecular weight excluding hydrogens is 324 g/mol. The summed E-state index contributed by atoms with van der Waals surface area (Å²) in [6.07, 6.45) is 3.86. The van der Waals surface area contributed by atoms with Gasteiger partial charge >= 0.3 is 0 Å². The summed E-state index contributed by atoms with van der Waals surface area (Å²) in [6, 6.07) is 17.4. The Kier molecular flexibility index (Phi) is 4.57. The zero-order chi connectivity index (χ0) is 17.0. The van der Waals surface area contributed by atoms with Crippen LogP contribution in [0.4, 0.5) is 5.69 Å². The zero-order valence-corrected chi connectivity index (χ0v) is 14.0. The predicted molar refractivity (Wildman–Crippen MR) is 94.2 cm³/mol. The molecule has 0 radical (unpaired) electrons. The predicted octanol–water partition coefficient (Wildman–Crippen LogP) is 3.68. The van der Waals surface area contributed by atoms with E-state index in [1.807, 2.05) is 48.1 Å². The number of nitrogens with one attached hydrogen (secondary N) is 1. The first-order valence-electron chi connectivity index (χ1n) is 7.57. The molecule has 0 saturated carbocycles. The number of nitrogens with zero attached hydrogens (tertiary/aromatic N) is 1. The smallest absolute Gasteiger partial charge is 0.261 e. The quantitative estimate of drug-likeness (QED) is 0.743. The molecule has 124 valence electrons. The van der Waals surface area contributed by atoms with Crippen LogP contribution in [0.5, 0.6) is 5.75 Å².